The second-order valence-corrected chi connectivity index (χ2v) is 8.46. The minimum Gasteiger partial charge on any atom is -0.497 e. The van der Waals surface area contributed by atoms with Crippen molar-refractivity contribution in [1.82, 2.24) is 9.80 Å². The number of piperidine rings is 1. The summed E-state index contributed by atoms with van der Waals surface area (Å²) in [6.45, 7) is 6.64. The molecule has 1 amide bonds. The lowest BCUT2D eigenvalue weighted by Gasteiger charge is -2.32. The molecule has 4 rings (SSSR count). The van der Waals surface area contributed by atoms with Gasteiger partial charge in [-0.25, -0.2) is 0 Å². The van der Waals surface area contributed by atoms with Gasteiger partial charge in [0.1, 0.15) is 23.4 Å². The second-order valence-electron chi connectivity index (χ2n) is 8.46. The molecule has 2 saturated heterocycles. The molecular weight excluding hydrogens is 392 g/mol. The Hall–Kier alpha value is -2.73. The highest BCUT2D eigenvalue weighted by molar-refractivity contribution is 5.97. The highest BCUT2D eigenvalue weighted by Gasteiger charge is 2.26. The Bertz CT molecular complexity index is 892. The summed E-state index contributed by atoms with van der Waals surface area (Å²) in [5, 5.41) is 0. The lowest BCUT2D eigenvalue weighted by atomic mass is 10.1. The molecule has 1 aromatic carbocycles. The number of benzene rings is 1. The van der Waals surface area contributed by atoms with Crippen LogP contribution < -0.4 is 9.47 Å². The van der Waals surface area contributed by atoms with Crippen LogP contribution in [0.4, 0.5) is 0 Å². The molecule has 2 aliphatic heterocycles. The Labute approximate surface area is 184 Å². The molecule has 6 nitrogen and oxygen atoms in total. The smallest absolute Gasteiger partial charge is 0.257 e. The van der Waals surface area contributed by atoms with Gasteiger partial charge in [0.15, 0.2) is 0 Å². The van der Waals surface area contributed by atoms with Gasteiger partial charge in [0.25, 0.3) is 5.91 Å². The van der Waals surface area contributed by atoms with Gasteiger partial charge in [0.05, 0.1) is 18.9 Å². The highest BCUT2D eigenvalue weighted by Crippen LogP contribution is 2.30. The van der Waals surface area contributed by atoms with Crippen molar-refractivity contribution in [3.8, 4) is 11.5 Å². The normalized spacial score (nSPS) is 18.4. The van der Waals surface area contributed by atoms with Crippen molar-refractivity contribution in [2.45, 2.75) is 38.7 Å². The molecule has 0 N–H and O–H groups in total. The molecular formula is C25H32N2O4. The largest absolute Gasteiger partial charge is 0.497 e. The highest BCUT2D eigenvalue weighted by atomic mass is 16.5. The van der Waals surface area contributed by atoms with Gasteiger partial charge in [-0.15, -0.1) is 0 Å². The SMILES string of the molecule is COc1ccc(C(=O)N2CCCC2)c(OC2CCN(CC(C)=Cc3ccco3)CC2)c1. The van der Waals surface area contributed by atoms with Crippen LogP contribution in [-0.4, -0.2) is 61.6 Å². The number of hydrogen-bond donors (Lipinski definition) is 0. The molecule has 0 saturated carbocycles. The molecule has 31 heavy (non-hydrogen) atoms. The number of nitrogens with zero attached hydrogens (tertiary/aromatic N) is 2. The van der Waals surface area contributed by atoms with Crippen LogP contribution in [0.5, 0.6) is 11.5 Å². The van der Waals surface area contributed by atoms with E-state index in [4.69, 9.17) is 13.9 Å². The van der Waals surface area contributed by atoms with Gasteiger partial charge in [-0.1, -0.05) is 5.57 Å². The fourth-order valence-electron chi connectivity index (χ4n) is 4.37. The van der Waals surface area contributed by atoms with E-state index in [1.165, 1.54) is 5.57 Å². The van der Waals surface area contributed by atoms with Crippen LogP contribution in [0.25, 0.3) is 6.08 Å². The van der Waals surface area contributed by atoms with E-state index >= 15 is 0 Å². The van der Waals surface area contributed by atoms with Crippen LogP contribution in [0.1, 0.15) is 48.7 Å². The van der Waals surface area contributed by atoms with Crippen LogP contribution in [-0.2, 0) is 0 Å². The molecule has 3 heterocycles. The molecule has 166 valence electrons. The third-order valence-electron chi connectivity index (χ3n) is 6.05. The van der Waals surface area contributed by atoms with Crippen molar-refractivity contribution in [1.29, 1.82) is 0 Å². The zero-order valence-corrected chi connectivity index (χ0v) is 18.5. The number of furan rings is 1. The molecule has 0 unspecified atom stereocenters. The van der Waals surface area contributed by atoms with E-state index in [-0.39, 0.29) is 12.0 Å². The van der Waals surface area contributed by atoms with E-state index in [0.29, 0.717) is 17.1 Å². The van der Waals surface area contributed by atoms with Gasteiger partial charge in [0, 0.05) is 38.8 Å². The number of amides is 1. The summed E-state index contributed by atoms with van der Waals surface area (Å²) in [5.74, 6) is 2.31. The van der Waals surface area contributed by atoms with Crippen molar-refractivity contribution >= 4 is 12.0 Å². The lowest BCUT2D eigenvalue weighted by molar-refractivity contribution is 0.0771. The second kappa shape index (κ2) is 10.1. The van der Waals surface area contributed by atoms with Gasteiger partial charge in [-0.2, -0.15) is 0 Å². The van der Waals surface area contributed by atoms with Crippen LogP contribution in [0.15, 0.2) is 46.6 Å². The monoisotopic (exact) mass is 424 g/mol. The van der Waals surface area contributed by atoms with Crippen molar-refractivity contribution in [3.63, 3.8) is 0 Å². The van der Waals surface area contributed by atoms with Gasteiger partial charge < -0.3 is 18.8 Å². The summed E-state index contributed by atoms with van der Waals surface area (Å²) in [6, 6.07) is 9.41. The minimum absolute atomic E-state index is 0.0614. The molecule has 0 radical (unpaired) electrons. The minimum atomic E-state index is 0.0614. The first-order chi connectivity index (χ1) is 15.1. The van der Waals surface area contributed by atoms with E-state index in [1.807, 2.05) is 35.2 Å². The number of methoxy groups -OCH3 is 1. The average Bonchev–Trinajstić information content (AvgIpc) is 3.49. The van der Waals surface area contributed by atoms with Crippen molar-refractivity contribution in [3.05, 3.63) is 53.5 Å². The fourth-order valence-corrected chi connectivity index (χ4v) is 4.37. The number of carbonyl (C=O) groups excluding carboxylic acids is 1. The Morgan fingerprint density at radius 1 is 1.16 bits per heavy atom. The predicted molar refractivity (Wildman–Crippen MR) is 121 cm³/mol. The van der Waals surface area contributed by atoms with Crippen molar-refractivity contribution < 1.29 is 18.7 Å². The molecule has 2 aromatic rings. The maximum absolute atomic E-state index is 13.0. The number of likely N-dealkylation sites (tertiary alicyclic amines) is 2. The maximum Gasteiger partial charge on any atom is 0.257 e. The van der Waals surface area contributed by atoms with E-state index < -0.39 is 0 Å². The summed E-state index contributed by atoms with van der Waals surface area (Å²) in [7, 11) is 1.64. The zero-order chi connectivity index (χ0) is 21.6. The molecule has 0 bridgehead atoms. The summed E-state index contributed by atoms with van der Waals surface area (Å²) in [4.78, 5) is 17.4. The number of ether oxygens (including phenoxy) is 2. The average molecular weight is 425 g/mol. The van der Waals surface area contributed by atoms with Crippen LogP contribution in [0.2, 0.25) is 0 Å². The first-order valence-corrected chi connectivity index (χ1v) is 11.2. The van der Waals surface area contributed by atoms with Crippen LogP contribution in [0, 0.1) is 0 Å². The quantitative estimate of drug-likeness (QED) is 0.656. The van der Waals surface area contributed by atoms with E-state index in [2.05, 4.69) is 17.9 Å². The molecule has 1 aromatic heterocycles. The Morgan fingerprint density at radius 2 is 1.94 bits per heavy atom. The fraction of sp³-hybridized carbons (Fsp3) is 0.480. The Morgan fingerprint density at radius 3 is 2.61 bits per heavy atom. The topological polar surface area (TPSA) is 55.1 Å². The van der Waals surface area contributed by atoms with E-state index in [9.17, 15) is 4.79 Å². The van der Waals surface area contributed by atoms with Gasteiger partial charge in [-0.3, -0.25) is 9.69 Å². The van der Waals surface area contributed by atoms with Crippen LogP contribution >= 0.6 is 0 Å². The molecule has 0 aliphatic carbocycles. The van der Waals surface area contributed by atoms with E-state index in [1.54, 1.807) is 13.4 Å². The molecule has 0 spiro atoms. The summed E-state index contributed by atoms with van der Waals surface area (Å²) in [5.41, 5.74) is 1.92. The van der Waals surface area contributed by atoms with Gasteiger partial charge in [-0.05, 0) is 62.9 Å². The van der Waals surface area contributed by atoms with Crippen molar-refractivity contribution in [2.24, 2.45) is 0 Å². The van der Waals surface area contributed by atoms with E-state index in [0.717, 1.165) is 64.2 Å². The predicted octanol–water partition coefficient (Wildman–Crippen LogP) is 4.47. The summed E-state index contributed by atoms with van der Waals surface area (Å²) >= 11 is 0. The zero-order valence-electron chi connectivity index (χ0n) is 18.5. The summed E-state index contributed by atoms with van der Waals surface area (Å²) in [6.07, 6.45) is 7.90. The van der Waals surface area contributed by atoms with Gasteiger partial charge >= 0.3 is 0 Å². The number of hydrogen-bond acceptors (Lipinski definition) is 5. The van der Waals surface area contributed by atoms with Gasteiger partial charge in [0.2, 0.25) is 0 Å². The third-order valence-corrected chi connectivity index (χ3v) is 6.05. The van der Waals surface area contributed by atoms with Crippen LogP contribution in [0.3, 0.4) is 0 Å². The van der Waals surface area contributed by atoms with Crippen molar-refractivity contribution in [2.75, 3.05) is 39.8 Å². The molecule has 6 heteroatoms. The first-order valence-electron chi connectivity index (χ1n) is 11.2. The lowest BCUT2D eigenvalue weighted by Crippen LogP contribution is -2.39. The Kier molecular flexibility index (Phi) is 6.97. The first kappa shape index (κ1) is 21.5. The molecule has 2 aliphatic rings. The number of rotatable bonds is 7. The maximum atomic E-state index is 13.0. The molecule has 0 atom stereocenters. The third kappa shape index (κ3) is 5.50. The Balaban J connectivity index is 1.37. The molecule has 2 fully saturated rings. The number of carbonyl (C=O) groups is 1. The summed E-state index contributed by atoms with van der Waals surface area (Å²) < 4.78 is 17.2. The standard InChI is InChI=1S/C25H32N2O4/c1-19(16-22-6-5-15-30-22)18-26-13-9-20(10-14-26)31-24-17-21(29-2)7-8-23(24)25(28)27-11-3-4-12-27/h5-8,15-17,20H,3-4,9-14,18H2,1-2H3.